The minimum atomic E-state index is -0.264. The van der Waals surface area contributed by atoms with Crippen LogP contribution in [-0.2, 0) is 14.3 Å². The predicted molar refractivity (Wildman–Crippen MR) is 61.2 cm³/mol. The third kappa shape index (κ3) is 4.92. The molecule has 0 radical (unpaired) electrons. The van der Waals surface area contributed by atoms with Crippen LogP contribution in [0.1, 0.15) is 20.8 Å². The van der Waals surface area contributed by atoms with E-state index >= 15 is 0 Å². The molecular weight excluding hydrogens is 210 g/mol. The van der Waals surface area contributed by atoms with Gasteiger partial charge in [-0.3, -0.25) is 4.79 Å². The molecule has 0 saturated carbocycles. The molecule has 0 unspecified atom stereocenters. The molecule has 1 rings (SSSR count). The SMILES string of the molecule is CC.COCC(=O)N1C[C@@H](CO)O[C@@H](C)C1. The number of hydrogen-bond acceptors (Lipinski definition) is 4. The molecule has 16 heavy (non-hydrogen) atoms. The molecule has 1 aliphatic heterocycles. The Kier molecular flexibility index (Phi) is 8.15. The van der Waals surface area contributed by atoms with E-state index in [1.165, 1.54) is 7.11 Å². The zero-order valence-corrected chi connectivity index (χ0v) is 10.6. The highest BCUT2D eigenvalue weighted by Gasteiger charge is 2.27. The number of carbonyl (C=O) groups is 1. The monoisotopic (exact) mass is 233 g/mol. The average Bonchev–Trinajstić information content (AvgIpc) is 2.31. The van der Waals surface area contributed by atoms with E-state index in [4.69, 9.17) is 14.6 Å². The van der Waals surface area contributed by atoms with Gasteiger partial charge in [-0.1, -0.05) is 13.8 Å². The molecule has 1 amide bonds. The van der Waals surface area contributed by atoms with E-state index in [9.17, 15) is 4.79 Å². The second-order valence-electron chi connectivity index (χ2n) is 3.48. The van der Waals surface area contributed by atoms with Gasteiger partial charge in [0.05, 0.1) is 18.8 Å². The number of ether oxygens (including phenoxy) is 2. The lowest BCUT2D eigenvalue weighted by Crippen LogP contribution is -2.51. The summed E-state index contributed by atoms with van der Waals surface area (Å²) in [6.45, 7) is 6.93. The van der Waals surface area contributed by atoms with Crippen LogP contribution in [-0.4, -0.2) is 61.5 Å². The second kappa shape index (κ2) is 8.50. The molecule has 1 heterocycles. The number of aliphatic hydroxyl groups excluding tert-OH is 1. The molecule has 1 saturated heterocycles. The van der Waals surface area contributed by atoms with Gasteiger partial charge in [0.15, 0.2) is 0 Å². The van der Waals surface area contributed by atoms with Gasteiger partial charge in [-0.2, -0.15) is 0 Å². The Morgan fingerprint density at radius 3 is 2.62 bits per heavy atom. The van der Waals surface area contributed by atoms with Crippen molar-refractivity contribution in [2.45, 2.75) is 33.0 Å². The van der Waals surface area contributed by atoms with Crippen LogP contribution in [0, 0.1) is 0 Å². The van der Waals surface area contributed by atoms with Gasteiger partial charge in [-0.25, -0.2) is 0 Å². The lowest BCUT2D eigenvalue weighted by atomic mass is 10.2. The van der Waals surface area contributed by atoms with Crippen LogP contribution in [0.15, 0.2) is 0 Å². The topological polar surface area (TPSA) is 59.0 Å². The summed E-state index contributed by atoms with van der Waals surface area (Å²) in [5.74, 6) is -0.0545. The molecule has 0 aliphatic carbocycles. The summed E-state index contributed by atoms with van der Waals surface area (Å²) in [4.78, 5) is 13.1. The number of hydrogen-bond donors (Lipinski definition) is 1. The van der Waals surface area contributed by atoms with Crippen LogP contribution >= 0.6 is 0 Å². The lowest BCUT2D eigenvalue weighted by Gasteiger charge is -2.35. The summed E-state index contributed by atoms with van der Waals surface area (Å²) in [5.41, 5.74) is 0. The van der Waals surface area contributed by atoms with E-state index in [0.29, 0.717) is 13.1 Å². The van der Waals surface area contributed by atoms with Crippen molar-refractivity contribution in [2.75, 3.05) is 33.4 Å². The van der Waals surface area contributed by atoms with Gasteiger partial charge < -0.3 is 19.5 Å². The van der Waals surface area contributed by atoms with Gasteiger partial charge in [0.25, 0.3) is 0 Å². The number of carbonyl (C=O) groups excluding carboxylic acids is 1. The van der Waals surface area contributed by atoms with Crippen molar-refractivity contribution in [3.05, 3.63) is 0 Å². The smallest absolute Gasteiger partial charge is 0.248 e. The van der Waals surface area contributed by atoms with Crippen LogP contribution in [0.5, 0.6) is 0 Å². The lowest BCUT2D eigenvalue weighted by molar-refractivity contribution is -0.150. The molecule has 2 atom stereocenters. The van der Waals surface area contributed by atoms with Gasteiger partial charge in [-0.15, -0.1) is 0 Å². The summed E-state index contributed by atoms with van der Waals surface area (Å²) < 4.78 is 10.2. The van der Waals surface area contributed by atoms with E-state index < -0.39 is 0 Å². The zero-order chi connectivity index (χ0) is 12.6. The van der Waals surface area contributed by atoms with Crippen molar-refractivity contribution in [1.29, 1.82) is 0 Å². The largest absolute Gasteiger partial charge is 0.394 e. The highest BCUT2D eigenvalue weighted by atomic mass is 16.5. The molecule has 0 spiro atoms. The van der Waals surface area contributed by atoms with Crippen molar-refractivity contribution < 1.29 is 19.4 Å². The van der Waals surface area contributed by atoms with Crippen LogP contribution < -0.4 is 0 Å². The first kappa shape index (κ1) is 15.3. The maximum absolute atomic E-state index is 11.5. The van der Waals surface area contributed by atoms with Crippen molar-refractivity contribution in [1.82, 2.24) is 4.90 Å². The molecule has 5 heteroatoms. The minimum Gasteiger partial charge on any atom is -0.394 e. The number of methoxy groups -OCH3 is 1. The Balaban J connectivity index is 0.00000106. The summed E-state index contributed by atoms with van der Waals surface area (Å²) in [6.07, 6.45) is -0.290. The maximum Gasteiger partial charge on any atom is 0.248 e. The molecular formula is C11H23NO4. The van der Waals surface area contributed by atoms with Crippen LogP contribution in [0.3, 0.4) is 0 Å². The quantitative estimate of drug-likeness (QED) is 0.760. The van der Waals surface area contributed by atoms with Gasteiger partial charge >= 0.3 is 0 Å². The zero-order valence-electron chi connectivity index (χ0n) is 10.6. The third-order valence-corrected chi connectivity index (χ3v) is 2.15. The van der Waals surface area contributed by atoms with E-state index in [1.807, 2.05) is 20.8 Å². The fourth-order valence-corrected chi connectivity index (χ4v) is 1.56. The summed E-state index contributed by atoms with van der Waals surface area (Å²) in [5, 5.41) is 8.94. The van der Waals surface area contributed by atoms with E-state index in [2.05, 4.69) is 0 Å². The Morgan fingerprint density at radius 2 is 2.12 bits per heavy atom. The van der Waals surface area contributed by atoms with Crippen LogP contribution in [0.2, 0.25) is 0 Å². The van der Waals surface area contributed by atoms with E-state index in [1.54, 1.807) is 4.90 Å². The molecule has 1 fully saturated rings. The van der Waals surface area contributed by atoms with Crippen molar-refractivity contribution in [3.63, 3.8) is 0 Å². The Hall–Kier alpha value is -0.650. The van der Waals surface area contributed by atoms with Crippen LogP contribution in [0.4, 0.5) is 0 Å². The number of amides is 1. The van der Waals surface area contributed by atoms with Crippen molar-refractivity contribution in [2.24, 2.45) is 0 Å². The van der Waals surface area contributed by atoms with Gasteiger partial charge in [0, 0.05) is 20.2 Å². The average molecular weight is 233 g/mol. The van der Waals surface area contributed by atoms with E-state index in [0.717, 1.165) is 0 Å². The molecule has 5 nitrogen and oxygen atoms in total. The molecule has 0 aromatic heterocycles. The number of nitrogens with zero attached hydrogens (tertiary/aromatic N) is 1. The standard InChI is InChI=1S/C9H17NO4.C2H6/c1-7-3-10(9(12)6-13-2)4-8(5-11)14-7;1-2/h7-8,11H,3-6H2,1-2H3;1-2H3/t7-,8-;/m0./s1. The molecule has 0 bridgehead atoms. The summed E-state index contributed by atoms with van der Waals surface area (Å²) in [7, 11) is 1.49. The van der Waals surface area contributed by atoms with Gasteiger partial charge in [0.2, 0.25) is 5.91 Å². The highest BCUT2D eigenvalue weighted by Crippen LogP contribution is 2.10. The molecule has 0 aromatic carbocycles. The van der Waals surface area contributed by atoms with E-state index in [-0.39, 0.29) is 31.3 Å². The first-order valence-corrected chi connectivity index (χ1v) is 5.70. The van der Waals surface area contributed by atoms with Crippen LogP contribution in [0.25, 0.3) is 0 Å². The molecule has 0 aromatic rings. The molecule has 1 N–H and O–H groups in total. The third-order valence-electron chi connectivity index (χ3n) is 2.15. The van der Waals surface area contributed by atoms with Gasteiger partial charge in [0.1, 0.15) is 6.61 Å². The summed E-state index contributed by atoms with van der Waals surface area (Å²) >= 11 is 0. The van der Waals surface area contributed by atoms with Gasteiger partial charge in [-0.05, 0) is 6.92 Å². The van der Waals surface area contributed by atoms with Crippen molar-refractivity contribution in [3.8, 4) is 0 Å². The minimum absolute atomic E-state index is 0.0262. The number of aliphatic hydroxyl groups is 1. The van der Waals surface area contributed by atoms with Crippen molar-refractivity contribution >= 4 is 5.91 Å². The maximum atomic E-state index is 11.5. The molecule has 1 aliphatic rings. The Bertz CT molecular complexity index is 198. The summed E-state index contributed by atoms with van der Waals surface area (Å²) in [6, 6.07) is 0. The Labute approximate surface area is 97.3 Å². The molecule has 96 valence electrons. The Morgan fingerprint density at radius 1 is 1.50 bits per heavy atom. The number of morpholine rings is 1. The fourth-order valence-electron chi connectivity index (χ4n) is 1.56. The predicted octanol–water partition coefficient (Wildman–Crippen LogP) is 0.267. The first-order chi connectivity index (χ1) is 7.67. The number of rotatable bonds is 3. The fraction of sp³-hybridized carbons (Fsp3) is 0.909. The normalized spacial score (nSPS) is 24.7. The highest BCUT2D eigenvalue weighted by molar-refractivity contribution is 5.77. The first-order valence-electron chi connectivity index (χ1n) is 5.70. The second-order valence-corrected chi connectivity index (χ2v) is 3.48.